The van der Waals surface area contributed by atoms with E-state index in [2.05, 4.69) is 21.2 Å². The number of halogens is 3. The molecule has 0 bridgehead atoms. The van der Waals surface area contributed by atoms with E-state index < -0.39 is 0 Å². The summed E-state index contributed by atoms with van der Waals surface area (Å²) in [6.45, 7) is 1.10. The molecule has 0 atom stereocenters. The Kier molecular flexibility index (Phi) is 5.73. The van der Waals surface area contributed by atoms with Crippen molar-refractivity contribution in [3.8, 4) is 5.75 Å². The quantitative estimate of drug-likeness (QED) is 0.790. The Labute approximate surface area is 137 Å². The minimum Gasteiger partial charge on any atom is -0.487 e. The van der Waals surface area contributed by atoms with Crippen LogP contribution in [0, 0.1) is 0 Å². The Morgan fingerprint density at radius 2 is 2.00 bits per heavy atom. The SMILES string of the molecule is CNCc1cc(Cl)cc(Cl)c1OCc1cccc(Br)c1. The van der Waals surface area contributed by atoms with Gasteiger partial charge in [0.05, 0.1) is 5.02 Å². The van der Waals surface area contributed by atoms with Crippen LogP contribution in [0.25, 0.3) is 0 Å². The van der Waals surface area contributed by atoms with Crippen LogP contribution < -0.4 is 10.1 Å². The molecule has 0 amide bonds. The minimum atomic E-state index is 0.456. The molecule has 0 aliphatic heterocycles. The Morgan fingerprint density at radius 1 is 1.20 bits per heavy atom. The number of nitrogens with one attached hydrogen (secondary N) is 1. The highest BCUT2D eigenvalue weighted by atomic mass is 79.9. The molecule has 0 saturated carbocycles. The van der Waals surface area contributed by atoms with E-state index in [1.54, 1.807) is 6.07 Å². The average molecular weight is 375 g/mol. The van der Waals surface area contributed by atoms with Gasteiger partial charge >= 0.3 is 0 Å². The summed E-state index contributed by atoms with van der Waals surface area (Å²) in [5.41, 5.74) is 2.01. The van der Waals surface area contributed by atoms with Gasteiger partial charge in [-0.15, -0.1) is 0 Å². The third kappa shape index (κ3) is 4.13. The van der Waals surface area contributed by atoms with Gasteiger partial charge in [0, 0.05) is 21.6 Å². The van der Waals surface area contributed by atoms with Gasteiger partial charge in [0.25, 0.3) is 0 Å². The molecule has 2 aromatic carbocycles. The second kappa shape index (κ2) is 7.32. The summed E-state index contributed by atoms with van der Waals surface area (Å²) in [6.07, 6.45) is 0. The first-order valence-electron chi connectivity index (χ1n) is 6.10. The molecule has 2 aromatic rings. The Bertz CT molecular complexity index is 604. The molecule has 1 N–H and O–H groups in total. The first kappa shape index (κ1) is 15.6. The van der Waals surface area contributed by atoms with Gasteiger partial charge in [-0.25, -0.2) is 0 Å². The van der Waals surface area contributed by atoms with Crippen molar-refractivity contribution in [1.82, 2.24) is 5.32 Å². The Morgan fingerprint density at radius 3 is 2.70 bits per heavy atom. The van der Waals surface area contributed by atoms with Crippen LogP contribution in [0.4, 0.5) is 0 Å². The van der Waals surface area contributed by atoms with Crippen molar-refractivity contribution >= 4 is 39.1 Å². The molecule has 0 aliphatic carbocycles. The van der Waals surface area contributed by atoms with E-state index in [0.29, 0.717) is 28.9 Å². The molecule has 2 rings (SSSR count). The second-order valence-corrected chi connectivity index (χ2v) is 6.08. The Balaban J connectivity index is 2.20. The highest BCUT2D eigenvalue weighted by molar-refractivity contribution is 9.10. The van der Waals surface area contributed by atoms with Crippen LogP contribution in [0.1, 0.15) is 11.1 Å². The van der Waals surface area contributed by atoms with Gasteiger partial charge in [0.2, 0.25) is 0 Å². The van der Waals surface area contributed by atoms with Crippen molar-refractivity contribution in [3.05, 3.63) is 62.0 Å². The molecular weight excluding hydrogens is 361 g/mol. The predicted octanol–water partition coefficient (Wildman–Crippen LogP) is 5.05. The highest BCUT2D eigenvalue weighted by Gasteiger charge is 2.10. The zero-order valence-corrected chi connectivity index (χ0v) is 14.0. The van der Waals surface area contributed by atoms with Crippen molar-refractivity contribution in [2.75, 3.05) is 7.05 Å². The normalized spacial score (nSPS) is 10.6. The van der Waals surface area contributed by atoms with E-state index in [1.807, 2.05) is 37.4 Å². The van der Waals surface area contributed by atoms with Crippen LogP contribution in [0.5, 0.6) is 5.75 Å². The second-order valence-electron chi connectivity index (χ2n) is 4.32. The van der Waals surface area contributed by atoms with Gasteiger partial charge in [0.1, 0.15) is 12.4 Å². The van der Waals surface area contributed by atoms with Crippen LogP contribution >= 0.6 is 39.1 Å². The van der Waals surface area contributed by atoms with Gasteiger partial charge < -0.3 is 10.1 Å². The number of rotatable bonds is 5. The number of benzene rings is 2. The molecule has 5 heteroatoms. The van der Waals surface area contributed by atoms with E-state index in [9.17, 15) is 0 Å². The molecule has 0 unspecified atom stereocenters. The summed E-state index contributed by atoms with van der Waals surface area (Å²) < 4.78 is 6.89. The molecule has 0 fully saturated rings. The van der Waals surface area contributed by atoms with Crippen LogP contribution in [0.2, 0.25) is 10.0 Å². The molecule has 0 saturated heterocycles. The molecule has 0 radical (unpaired) electrons. The van der Waals surface area contributed by atoms with Gasteiger partial charge in [-0.05, 0) is 36.9 Å². The van der Waals surface area contributed by atoms with Crippen LogP contribution in [-0.4, -0.2) is 7.05 Å². The van der Waals surface area contributed by atoms with Crippen LogP contribution in [0.3, 0.4) is 0 Å². The lowest BCUT2D eigenvalue weighted by atomic mass is 10.2. The molecule has 0 spiro atoms. The lowest BCUT2D eigenvalue weighted by Crippen LogP contribution is -2.08. The summed E-state index contributed by atoms with van der Waals surface area (Å²) in [5, 5.41) is 4.21. The molecule has 106 valence electrons. The zero-order chi connectivity index (χ0) is 14.5. The van der Waals surface area contributed by atoms with Crippen LogP contribution in [0.15, 0.2) is 40.9 Å². The van der Waals surface area contributed by atoms with Gasteiger partial charge in [-0.2, -0.15) is 0 Å². The molecule has 0 heterocycles. The lowest BCUT2D eigenvalue weighted by Gasteiger charge is -2.14. The summed E-state index contributed by atoms with van der Waals surface area (Å²) in [7, 11) is 1.87. The van der Waals surface area contributed by atoms with Gasteiger partial charge in [-0.1, -0.05) is 51.3 Å². The predicted molar refractivity (Wildman–Crippen MR) is 87.7 cm³/mol. The van der Waals surface area contributed by atoms with E-state index in [0.717, 1.165) is 15.6 Å². The maximum Gasteiger partial charge on any atom is 0.142 e. The maximum atomic E-state index is 6.22. The smallest absolute Gasteiger partial charge is 0.142 e. The third-order valence-electron chi connectivity index (χ3n) is 2.72. The summed E-state index contributed by atoms with van der Waals surface area (Å²) in [4.78, 5) is 0. The van der Waals surface area contributed by atoms with Crippen molar-refractivity contribution in [2.45, 2.75) is 13.2 Å². The van der Waals surface area contributed by atoms with Crippen molar-refractivity contribution in [1.29, 1.82) is 0 Å². The topological polar surface area (TPSA) is 21.3 Å². The molecule has 20 heavy (non-hydrogen) atoms. The van der Waals surface area contributed by atoms with Crippen molar-refractivity contribution in [3.63, 3.8) is 0 Å². The highest BCUT2D eigenvalue weighted by Crippen LogP contribution is 2.33. The fraction of sp³-hybridized carbons (Fsp3) is 0.200. The van der Waals surface area contributed by atoms with E-state index >= 15 is 0 Å². The fourth-order valence-electron chi connectivity index (χ4n) is 1.88. The molecule has 0 aromatic heterocycles. The largest absolute Gasteiger partial charge is 0.487 e. The zero-order valence-electron chi connectivity index (χ0n) is 10.9. The molecule has 2 nitrogen and oxygen atoms in total. The summed E-state index contributed by atoms with van der Waals surface area (Å²) in [5.74, 6) is 0.672. The lowest BCUT2D eigenvalue weighted by molar-refractivity contribution is 0.302. The fourth-order valence-corrected chi connectivity index (χ4v) is 2.92. The third-order valence-corrected chi connectivity index (χ3v) is 3.72. The van der Waals surface area contributed by atoms with Gasteiger partial charge in [-0.3, -0.25) is 0 Å². The minimum absolute atomic E-state index is 0.456. The molecular formula is C15H14BrCl2NO. The van der Waals surface area contributed by atoms with E-state index in [1.165, 1.54) is 0 Å². The van der Waals surface area contributed by atoms with Gasteiger partial charge in [0.15, 0.2) is 0 Å². The molecule has 0 aliphatic rings. The van der Waals surface area contributed by atoms with Crippen molar-refractivity contribution < 1.29 is 4.74 Å². The van der Waals surface area contributed by atoms with E-state index in [-0.39, 0.29) is 0 Å². The Hall–Kier alpha value is -0.740. The van der Waals surface area contributed by atoms with E-state index in [4.69, 9.17) is 27.9 Å². The number of ether oxygens (including phenoxy) is 1. The van der Waals surface area contributed by atoms with Crippen molar-refractivity contribution in [2.24, 2.45) is 0 Å². The maximum absolute atomic E-state index is 6.22. The summed E-state index contributed by atoms with van der Waals surface area (Å²) >= 11 is 15.7. The summed E-state index contributed by atoms with van der Waals surface area (Å²) in [6, 6.07) is 11.5. The standard InChI is InChI=1S/C15H14BrCl2NO/c1-19-8-11-6-13(17)7-14(18)15(11)20-9-10-3-2-4-12(16)5-10/h2-7,19H,8-9H2,1H3. The number of hydrogen-bond donors (Lipinski definition) is 1. The van der Waals surface area contributed by atoms with Crippen LogP contribution in [-0.2, 0) is 13.2 Å². The first-order valence-corrected chi connectivity index (χ1v) is 7.65. The number of hydrogen-bond acceptors (Lipinski definition) is 2. The monoisotopic (exact) mass is 373 g/mol. The first-order chi connectivity index (χ1) is 9.60. The average Bonchev–Trinajstić information content (AvgIpc) is 2.38.